The minimum Gasteiger partial charge on any atom is -0.285 e. The van der Waals surface area contributed by atoms with Gasteiger partial charge in [-0.2, -0.15) is 5.10 Å². The molecule has 5 heteroatoms. The van der Waals surface area contributed by atoms with E-state index in [1.807, 2.05) is 37.3 Å². The predicted octanol–water partition coefficient (Wildman–Crippen LogP) is 2.04. The fourth-order valence-corrected chi connectivity index (χ4v) is 2.00. The summed E-state index contributed by atoms with van der Waals surface area (Å²) in [7, 11) is 1.50. The van der Waals surface area contributed by atoms with Gasteiger partial charge in [0.15, 0.2) is 0 Å². The lowest BCUT2D eigenvalue weighted by molar-refractivity contribution is -0.119. The number of aromatic nitrogens is 2. The van der Waals surface area contributed by atoms with Gasteiger partial charge in [0.05, 0.1) is 24.9 Å². The van der Waals surface area contributed by atoms with Crippen LogP contribution in [0.25, 0.3) is 0 Å². The molecule has 1 N–H and O–H groups in total. The predicted molar refractivity (Wildman–Crippen MR) is 71.4 cm³/mol. The lowest BCUT2D eigenvalue weighted by Gasteiger charge is -2.26. The van der Waals surface area contributed by atoms with Crippen molar-refractivity contribution in [2.45, 2.75) is 19.4 Å². The van der Waals surface area contributed by atoms with Gasteiger partial charge in [-0.3, -0.25) is 14.7 Å². The highest BCUT2D eigenvalue weighted by molar-refractivity contribution is 5.93. The van der Waals surface area contributed by atoms with Gasteiger partial charge in [-0.15, -0.1) is 0 Å². The van der Waals surface area contributed by atoms with Crippen LogP contribution in [0.15, 0.2) is 42.7 Å². The summed E-state index contributed by atoms with van der Waals surface area (Å²) in [5.41, 5.74) is 1.65. The zero-order valence-corrected chi connectivity index (χ0v) is 11.0. The molecular formula is C14H17N3O2. The first kappa shape index (κ1) is 13.3. The first-order chi connectivity index (χ1) is 9.22. The molecule has 1 atom stereocenters. The average Bonchev–Trinajstić information content (AvgIpc) is 2.94. The minimum absolute atomic E-state index is 0.0604. The Morgan fingerprint density at radius 2 is 2.16 bits per heavy atom. The minimum atomic E-state index is -0.195. The molecule has 100 valence electrons. The second-order valence-corrected chi connectivity index (χ2v) is 4.34. The molecule has 2 aromatic rings. The highest BCUT2D eigenvalue weighted by Gasteiger charge is 2.22. The Morgan fingerprint density at radius 1 is 1.42 bits per heavy atom. The first-order valence-corrected chi connectivity index (χ1v) is 6.12. The van der Waals surface area contributed by atoms with E-state index in [1.165, 1.54) is 18.4 Å². The molecule has 0 saturated heterocycles. The maximum Gasteiger partial charge on any atom is 0.280 e. The molecule has 0 aliphatic carbocycles. The molecule has 0 radical (unpaired) electrons. The molecule has 1 heterocycles. The van der Waals surface area contributed by atoms with Crippen molar-refractivity contribution in [3.8, 4) is 0 Å². The van der Waals surface area contributed by atoms with E-state index in [2.05, 4.69) is 10.2 Å². The monoisotopic (exact) mass is 259 g/mol. The van der Waals surface area contributed by atoms with Crippen molar-refractivity contribution >= 4 is 5.91 Å². The number of hydroxylamine groups is 2. The molecule has 1 unspecified atom stereocenters. The van der Waals surface area contributed by atoms with Crippen LogP contribution in [-0.2, 0) is 11.3 Å². The fourth-order valence-electron chi connectivity index (χ4n) is 2.00. The van der Waals surface area contributed by atoms with Crippen LogP contribution < -0.4 is 0 Å². The lowest BCUT2D eigenvalue weighted by Crippen LogP contribution is -2.38. The summed E-state index contributed by atoms with van der Waals surface area (Å²) in [6, 6.07) is 9.95. The zero-order chi connectivity index (χ0) is 13.7. The van der Waals surface area contributed by atoms with E-state index in [0.717, 1.165) is 12.0 Å². The number of aromatic amines is 1. The van der Waals surface area contributed by atoms with Crippen molar-refractivity contribution in [1.82, 2.24) is 15.3 Å². The highest BCUT2D eigenvalue weighted by Crippen LogP contribution is 2.12. The molecule has 0 aliphatic rings. The van der Waals surface area contributed by atoms with Crippen molar-refractivity contribution in [1.29, 1.82) is 0 Å². The van der Waals surface area contributed by atoms with E-state index in [1.54, 1.807) is 6.20 Å². The lowest BCUT2D eigenvalue weighted by atomic mass is 10.1. The number of nitrogens with zero attached hydrogens (tertiary/aromatic N) is 2. The van der Waals surface area contributed by atoms with Crippen LogP contribution >= 0.6 is 0 Å². The Kier molecular flexibility index (Phi) is 4.30. The summed E-state index contributed by atoms with van der Waals surface area (Å²) >= 11 is 0. The Hall–Kier alpha value is -2.14. The van der Waals surface area contributed by atoms with Crippen LogP contribution in [0.4, 0.5) is 0 Å². The molecule has 0 saturated carbocycles. The first-order valence-electron chi connectivity index (χ1n) is 6.12. The number of carbonyl (C=O) groups excluding carboxylic acids is 1. The van der Waals surface area contributed by atoms with Crippen LogP contribution in [0.5, 0.6) is 0 Å². The van der Waals surface area contributed by atoms with Crippen LogP contribution in [0.1, 0.15) is 22.8 Å². The van der Waals surface area contributed by atoms with E-state index in [9.17, 15) is 4.79 Å². The quantitative estimate of drug-likeness (QED) is 0.836. The molecule has 0 fully saturated rings. The SMILES string of the molecule is CON(C(=O)c1cn[nH]c1)C(C)Cc1ccccc1. The molecule has 0 bridgehead atoms. The number of amides is 1. The van der Waals surface area contributed by atoms with Crippen molar-refractivity contribution in [3.05, 3.63) is 53.9 Å². The smallest absolute Gasteiger partial charge is 0.280 e. The summed E-state index contributed by atoms with van der Waals surface area (Å²) in [6.45, 7) is 1.95. The number of hydrogen-bond acceptors (Lipinski definition) is 3. The van der Waals surface area contributed by atoms with Crippen LogP contribution in [-0.4, -0.2) is 34.3 Å². The van der Waals surface area contributed by atoms with Crippen LogP contribution in [0.3, 0.4) is 0 Å². The number of nitrogens with one attached hydrogen (secondary N) is 1. The molecule has 0 aliphatic heterocycles. The largest absolute Gasteiger partial charge is 0.285 e. The molecule has 5 nitrogen and oxygen atoms in total. The van der Waals surface area contributed by atoms with Crippen molar-refractivity contribution < 1.29 is 9.63 Å². The van der Waals surface area contributed by atoms with Gasteiger partial charge >= 0.3 is 0 Å². The number of benzene rings is 1. The topological polar surface area (TPSA) is 58.2 Å². The Balaban J connectivity index is 2.07. The third kappa shape index (κ3) is 3.20. The van der Waals surface area contributed by atoms with Crippen molar-refractivity contribution in [3.63, 3.8) is 0 Å². The molecular weight excluding hydrogens is 242 g/mol. The summed E-state index contributed by atoms with van der Waals surface area (Å²) in [6.07, 6.45) is 3.78. The van der Waals surface area contributed by atoms with E-state index in [-0.39, 0.29) is 11.9 Å². The number of hydrogen-bond donors (Lipinski definition) is 1. The second-order valence-electron chi connectivity index (χ2n) is 4.34. The van der Waals surface area contributed by atoms with Gasteiger partial charge in [0.1, 0.15) is 0 Å². The van der Waals surface area contributed by atoms with Gasteiger partial charge in [0.25, 0.3) is 5.91 Å². The summed E-state index contributed by atoms with van der Waals surface area (Å²) in [4.78, 5) is 17.4. The van der Waals surface area contributed by atoms with Gasteiger partial charge in [-0.05, 0) is 18.9 Å². The second kappa shape index (κ2) is 6.15. The van der Waals surface area contributed by atoms with E-state index < -0.39 is 0 Å². The van der Waals surface area contributed by atoms with E-state index in [0.29, 0.717) is 5.56 Å². The highest BCUT2D eigenvalue weighted by atomic mass is 16.7. The number of H-pyrrole nitrogens is 1. The van der Waals surface area contributed by atoms with Gasteiger partial charge in [-0.1, -0.05) is 30.3 Å². The summed E-state index contributed by atoms with van der Waals surface area (Å²) in [5.74, 6) is -0.195. The molecule has 1 aromatic carbocycles. The number of carbonyl (C=O) groups is 1. The van der Waals surface area contributed by atoms with E-state index in [4.69, 9.17) is 4.84 Å². The van der Waals surface area contributed by atoms with E-state index >= 15 is 0 Å². The van der Waals surface area contributed by atoms with Gasteiger partial charge < -0.3 is 0 Å². The third-order valence-electron chi connectivity index (χ3n) is 2.92. The van der Waals surface area contributed by atoms with Gasteiger partial charge in [0.2, 0.25) is 0 Å². The summed E-state index contributed by atoms with van der Waals surface area (Å²) in [5, 5.41) is 7.77. The van der Waals surface area contributed by atoms with Crippen LogP contribution in [0.2, 0.25) is 0 Å². The average molecular weight is 259 g/mol. The summed E-state index contributed by atoms with van der Waals surface area (Å²) < 4.78 is 0. The Bertz CT molecular complexity index is 511. The standard InChI is InChI=1S/C14H17N3O2/c1-11(8-12-6-4-3-5-7-12)17(19-2)14(18)13-9-15-16-10-13/h3-7,9-11H,8H2,1-2H3,(H,15,16). The maximum atomic E-state index is 12.2. The third-order valence-corrected chi connectivity index (χ3v) is 2.92. The molecule has 2 rings (SSSR count). The molecule has 1 amide bonds. The molecule has 19 heavy (non-hydrogen) atoms. The normalized spacial score (nSPS) is 12.1. The zero-order valence-electron chi connectivity index (χ0n) is 11.0. The molecule has 0 spiro atoms. The van der Waals surface area contributed by atoms with Gasteiger partial charge in [0, 0.05) is 6.20 Å². The van der Waals surface area contributed by atoms with Crippen molar-refractivity contribution in [2.75, 3.05) is 7.11 Å². The number of rotatable bonds is 5. The maximum absolute atomic E-state index is 12.2. The fraction of sp³-hybridized carbons (Fsp3) is 0.286. The van der Waals surface area contributed by atoms with Crippen molar-refractivity contribution in [2.24, 2.45) is 0 Å². The Morgan fingerprint density at radius 3 is 2.74 bits per heavy atom. The van der Waals surface area contributed by atoms with Gasteiger partial charge in [-0.25, -0.2) is 5.06 Å². The Labute approximate surface area is 112 Å². The molecule has 1 aromatic heterocycles. The van der Waals surface area contributed by atoms with Crippen LogP contribution in [0, 0.1) is 0 Å².